The summed E-state index contributed by atoms with van der Waals surface area (Å²) < 4.78 is 16.8. The van der Waals surface area contributed by atoms with E-state index in [1.165, 1.54) is 0 Å². The first-order valence-corrected chi connectivity index (χ1v) is 8.52. The second-order valence-electron chi connectivity index (χ2n) is 6.48. The molecule has 0 amide bonds. The second-order valence-corrected chi connectivity index (χ2v) is 6.48. The number of nitrogens with two attached hydrogens (primary N) is 7. The van der Waals surface area contributed by atoms with Gasteiger partial charge in [0, 0.05) is 0 Å². The molecule has 2 heterocycles. The van der Waals surface area contributed by atoms with E-state index < -0.39 is 61.4 Å². The minimum atomic E-state index is -2.07. The van der Waals surface area contributed by atoms with Gasteiger partial charge in [-0.25, -0.2) is 41.3 Å². The molecule has 30 heavy (non-hydrogen) atoms. The average Bonchev–Trinajstić information content (AvgIpc) is 3.02. The molecule has 0 radical (unpaired) electrons. The summed E-state index contributed by atoms with van der Waals surface area (Å²) in [7, 11) is 0. The van der Waals surface area contributed by atoms with Gasteiger partial charge < -0.3 is 24.2 Å². The van der Waals surface area contributed by atoms with Gasteiger partial charge in [-0.2, -0.15) is 0 Å². The van der Waals surface area contributed by atoms with Crippen LogP contribution in [0, 0.1) is 0 Å². The van der Waals surface area contributed by atoms with E-state index in [-0.39, 0.29) is 13.2 Å². The van der Waals surface area contributed by atoms with Crippen LogP contribution < -0.4 is 41.3 Å². The normalized spacial score (nSPS) is 42.0. The van der Waals surface area contributed by atoms with Crippen molar-refractivity contribution in [2.45, 2.75) is 54.8 Å². The minimum Gasteiger partial charge on any atom is -0.361 e. The molecule has 0 aliphatic carbocycles. The third kappa shape index (κ3) is 5.18. The van der Waals surface area contributed by atoms with E-state index in [2.05, 4.69) is 9.68 Å². The molecule has 2 fully saturated rings. The molecular formula is C12H29N7O11. The Kier molecular flexibility index (Phi) is 10.0. The van der Waals surface area contributed by atoms with Gasteiger partial charge >= 0.3 is 0 Å². The van der Waals surface area contributed by atoms with Crippen molar-refractivity contribution in [2.75, 3.05) is 19.8 Å². The molecule has 2 aliphatic rings. The summed E-state index contributed by atoms with van der Waals surface area (Å²) in [6.07, 6.45) is -8.54. The molecule has 0 aromatic rings. The largest absolute Gasteiger partial charge is 0.361 e. The van der Waals surface area contributed by atoms with Crippen molar-refractivity contribution >= 4 is 0 Å². The highest BCUT2D eigenvalue weighted by Gasteiger charge is 2.57. The summed E-state index contributed by atoms with van der Waals surface area (Å²) >= 11 is 0. The van der Waals surface area contributed by atoms with Crippen LogP contribution in [-0.2, 0) is 48.1 Å². The van der Waals surface area contributed by atoms with Gasteiger partial charge in [-0.3, -0.25) is 29.0 Å². The van der Waals surface area contributed by atoms with Crippen molar-refractivity contribution < 1.29 is 53.2 Å². The Hall–Kier alpha value is -0.720. The molecule has 9 unspecified atom stereocenters. The van der Waals surface area contributed by atoms with Crippen molar-refractivity contribution in [3.8, 4) is 0 Å². The van der Waals surface area contributed by atoms with E-state index in [0.717, 1.165) is 0 Å². The topological polar surface area (TPSA) is 295 Å². The zero-order chi connectivity index (χ0) is 22.3. The SMILES string of the molecule is NOCC1OC(OCC2OC(O)(CON)C(ON)C2ON)C(ON)C(ON)C1ON. The van der Waals surface area contributed by atoms with Crippen molar-refractivity contribution in [1.29, 1.82) is 0 Å². The lowest BCUT2D eigenvalue weighted by molar-refractivity contribution is -0.332. The first-order valence-electron chi connectivity index (χ1n) is 8.52. The highest BCUT2D eigenvalue weighted by Crippen LogP contribution is 2.34. The number of rotatable bonds is 12. The monoisotopic (exact) mass is 447 g/mol. The van der Waals surface area contributed by atoms with Crippen LogP contribution in [0.3, 0.4) is 0 Å². The standard InChI is InChI=1S/C12H29N7O11/c13-22-2-4-6(26-15)8(28-17)9(29-18)11(24-4)21-1-5-7(27-16)10(30-19)12(20,25-5)3-23-14/h4-11,20H,1-3,13-19H2. The first-order chi connectivity index (χ1) is 14.4. The number of hydrogen-bond donors (Lipinski definition) is 8. The predicted molar refractivity (Wildman–Crippen MR) is 90.0 cm³/mol. The predicted octanol–water partition coefficient (Wildman–Crippen LogP) is -6.11. The second kappa shape index (κ2) is 11.8. The molecule has 0 spiro atoms. The molecule has 2 saturated heterocycles. The van der Waals surface area contributed by atoms with Crippen LogP contribution in [0.15, 0.2) is 0 Å². The van der Waals surface area contributed by atoms with Gasteiger partial charge in [0.05, 0.1) is 13.2 Å². The quantitative estimate of drug-likeness (QED) is 0.129. The Morgan fingerprint density at radius 1 is 0.700 bits per heavy atom. The van der Waals surface area contributed by atoms with Crippen LogP contribution in [0.2, 0.25) is 0 Å². The van der Waals surface area contributed by atoms with Crippen LogP contribution >= 0.6 is 0 Å². The van der Waals surface area contributed by atoms with Crippen molar-refractivity contribution in [2.24, 2.45) is 41.3 Å². The zero-order valence-electron chi connectivity index (χ0n) is 15.8. The highest BCUT2D eigenvalue weighted by molar-refractivity contribution is 4.98. The fraction of sp³-hybridized carbons (Fsp3) is 1.00. The molecular weight excluding hydrogens is 418 g/mol. The van der Waals surface area contributed by atoms with E-state index in [9.17, 15) is 5.11 Å². The van der Waals surface area contributed by atoms with E-state index in [1.54, 1.807) is 0 Å². The fourth-order valence-corrected chi connectivity index (χ4v) is 3.45. The molecule has 2 aliphatic heterocycles. The molecule has 0 bridgehead atoms. The lowest BCUT2D eigenvalue weighted by atomic mass is 9.99. The Morgan fingerprint density at radius 2 is 1.33 bits per heavy atom. The van der Waals surface area contributed by atoms with Crippen LogP contribution in [0.25, 0.3) is 0 Å². The van der Waals surface area contributed by atoms with Crippen LogP contribution in [0.1, 0.15) is 0 Å². The maximum Gasteiger partial charge on any atom is 0.223 e. The Balaban J connectivity index is 2.13. The Labute approximate surface area is 170 Å². The maximum atomic E-state index is 10.5. The van der Waals surface area contributed by atoms with Crippen molar-refractivity contribution in [1.82, 2.24) is 0 Å². The smallest absolute Gasteiger partial charge is 0.223 e. The van der Waals surface area contributed by atoms with Gasteiger partial charge in [0.1, 0.15) is 37.1 Å². The maximum absolute atomic E-state index is 10.5. The zero-order valence-corrected chi connectivity index (χ0v) is 15.8. The summed E-state index contributed by atoms with van der Waals surface area (Å²) in [4.78, 5) is 33.1. The van der Waals surface area contributed by atoms with Crippen LogP contribution in [0.4, 0.5) is 0 Å². The molecule has 18 nitrogen and oxygen atoms in total. The average molecular weight is 447 g/mol. The summed E-state index contributed by atoms with van der Waals surface area (Å²) in [6.45, 7) is -0.959. The lowest BCUT2D eigenvalue weighted by Crippen LogP contribution is -2.64. The van der Waals surface area contributed by atoms with E-state index >= 15 is 0 Å². The van der Waals surface area contributed by atoms with Crippen LogP contribution in [0.5, 0.6) is 0 Å². The summed E-state index contributed by atoms with van der Waals surface area (Å²) in [5.41, 5.74) is 0. The van der Waals surface area contributed by atoms with Crippen LogP contribution in [-0.4, -0.2) is 79.7 Å². The molecule has 0 aromatic heterocycles. The molecule has 2 rings (SSSR count). The number of aliphatic hydroxyl groups is 1. The van der Waals surface area contributed by atoms with Gasteiger partial charge in [0.25, 0.3) is 0 Å². The van der Waals surface area contributed by atoms with Gasteiger partial charge in [0.2, 0.25) is 5.79 Å². The van der Waals surface area contributed by atoms with E-state index in [1.807, 2.05) is 0 Å². The van der Waals surface area contributed by atoms with E-state index in [0.29, 0.717) is 0 Å². The third-order valence-electron chi connectivity index (χ3n) is 4.81. The first kappa shape index (κ1) is 25.5. The third-order valence-corrected chi connectivity index (χ3v) is 4.81. The lowest BCUT2D eigenvalue weighted by Gasteiger charge is -2.43. The summed E-state index contributed by atoms with van der Waals surface area (Å²) in [5.74, 6) is 34.5. The summed E-state index contributed by atoms with van der Waals surface area (Å²) in [6, 6.07) is 0. The molecule has 18 heteroatoms. The minimum absolute atomic E-state index is 0.163. The van der Waals surface area contributed by atoms with Crippen molar-refractivity contribution in [3.05, 3.63) is 0 Å². The Bertz CT molecular complexity index is 513. The van der Waals surface area contributed by atoms with Gasteiger partial charge in [-0.1, -0.05) is 0 Å². The highest BCUT2D eigenvalue weighted by atomic mass is 16.8. The molecule has 0 aromatic carbocycles. The van der Waals surface area contributed by atoms with Gasteiger partial charge in [-0.05, 0) is 0 Å². The van der Waals surface area contributed by atoms with Gasteiger partial charge in [-0.15, -0.1) is 0 Å². The summed E-state index contributed by atoms with van der Waals surface area (Å²) in [5, 5.41) is 10.5. The van der Waals surface area contributed by atoms with Crippen molar-refractivity contribution in [3.63, 3.8) is 0 Å². The fourth-order valence-electron chi connectivity index (χ4n) is 3.45. The Morgan fingerprint density at radius 3 is 1.83 bits per heavy atom. The van der Waals surface area contributed by atoms with E-state index in [4.69, 9.17) is 79.7 Å². The molecule has 9 atom stereocenters. The number of hydrogen-bond acceptors (Lipinski definition) is 18. The molecule has 15 N–H and O–H groups in total. The van der Waals surface area contributed by atoms with Gasteiger partial charge in [0.15, 0.2) is 18.5 Å². The molecule has 0 saturated carbocycles. The molecule has 178 valence electrons. The number of ether oxygens (including phenoxy) is 3.